The van der Waals surface area contributed by atoms with Gasteiger partial charge in [0, 0.05) is 11.8 Å². The summed E-state index contributed by atoms with van der Waals surface area (Å²) in [6, 6.07) is 10.0. The predicted molar refractivity (Wildman–Crippen MR) is 92.8 cm³/mol. The van der Waals surface area contributed by atoms with Crippen molar-refractivity contribution in [2.24, 2.45) is 0 Å². The van der Waals surface area contributed by atoms with Crippen molar-refractivity contribution in [2.45, 2.75) is 33.1 Å². The van der Waals surface area contributed by atoms with Crippen LogP contribution in [0.25, 0.3) is 0 Å². The van der Waals surface area contributed by atoms with Crippen LogP contribution in [0.5, 0.6) is 0 Å². The van der Waals surface area contributed by atoms with Gasteiger partial charge in [-0.3, -0.25) is 0 Å². The number of aromatic nitrogens is 4. The maximum Gasteiger partial charge on any atom is 0.250 e. The summed E-state index contributed by atoms with van der Waals surface area (Å²) >= 11 is 0. The van der Waals surface area contributed by atoms with Crippen LogP contribution in [0.3, 0.4) is 0 Å². The van der Waals surface area contributed by atoms with Gasteiger partial charge in [0.2, 0.25) is 5.95 Å². The van der Waals surface area contributed by atoms with Crippen molar-refractivity contribution in [2.75, 3.05) is 10.6 Å². The summed E-state index contributed by atoms with van der Waals surface area (Å²) in [6.07, 6.45) is 1.57. The minimum atomic E-state index is 0.127. The summed E-state index contributed by atoms with van der Waals surface area (Å²) in [6.45, 7) is 8.38. The smallest absolute Gasteiger partial charge is 0.250 e. The molecule has 0 aliphatic rings. The first-order chi connectivity index (χ1) is 11.4. The molecule has 0 aliphatic carbocycles. The largest absolute Gasteiger partial charge is 0.360 e. The van der Waals surface area contributed by atoms with Gasteiger partial charge in [0.05, 0.1) is 6.20 Å². The Balaban J connectivity index is 1.72. The second kappa shape index (κ2) is 6.27. The molecule has 124 valence electrons. The molecule has 1 aromatic carbocycles. The molecule has 0 aliphatic heterocycles. The van der Waals surface area contributed by atoms with Gasteiger partial charge in [-0.25, -0.2) is 0 Å². The number of benzene rings is 1. The van der Waals surface area contributed by atoms with E-state index in [2.05, 4.69) is 63.9 Å². The summed E-state index contributed by atoms with van der Waals surface area (Å²) in [5.41, 5.74) is 2.34. The van der Waals surface area contributed by atoms with Gasteiger partial charge < -0.3 is 15.2 Å². The lowest BCUT2D eigenvalue weighted by atomic mass is 9.87. The minimum Gasteiger partial charge on any atom is -0.360 e. The lowest BCUT2D eigenvalue weighted by Gasteiger charge is -2.19. The van der Waals surface area contributed by atoms with Crippen molar-refractivity contribution in [3.8, 4) is 0 Å². The summed E-state index contributed by atoms with van der Waals surface area (Å²) in [5, 5.41) is 17.9. The Bertz CT molecular complexity index is 820. The summed E-state index contributed by atoms with van der Waals surface area (Å²) in [5.74, 6) is 2.19. The van der Waals surface area contributed by atoms with Crippen LogP contribution >= 0.6 is 0 Å². The van der Waals surface area contributed by atoms with Gasteiger partial charge in [-0.2, -0.15) is 10.1 Å². The van der Waals surface area contributed by atoms with Crippen molar-refractivity contribution >= 4 is 23.3 Å². The van der Waals surface area contributed by atoms with Crippen LogP contribution < -0.4 is 10.6 Å². The molecule has 0 saturated carbocycles. The molecule has 0 spiro atoms. The lowest BCUT2D eigenvalue weighted by molar-refractivity contribution is 0.400. The van der Waals surface area contributed by atoms with E-state index in [1.54, 1.807) is 12.3 Å². The van der Waals surface area contributed by atoms with E-state index in [1.165, 1.54) is 5.56 Å². The highest BCUT2D eigenvalue weighted by Crippen LogP contribution is 2.24. The summed E-state index contributed by atoms with van der Waals surface area (Å²) < 4.78 is 5.00. The number of nitrogens with one attached hydrogen (secondary N) is 2. The van der Waals surface area contributed by atoms with E-state index in [9.17, 15) is 0 Å². The molecule has 7 nitrogen and oxygen atoms in total. The molecule has 0 unspecified atom stereocenters. The molecule has 0 bridgehead atoms. The van der Waals surface area contributed by atoms with Crippen LogP contribution in [0.15, 0.2) is 41.1 Å². The van der Waals surface area contributed by atoms with Crippen molar-refractivity contribution in [3.05, 3.63) is 47.9 Å². The van der Waals surface area contributed by atoms with Crippen LogP contribution in [0.1, 0.15) is 32.1 Å². The molecular weight excluding hydrogens is 304 g/mol. The second-order valence-electron chi connectivity index (χ2n) is 6.57. The zero-order valence-corrected chi connectivity index (χ0v) is 14.2. The van der Waals surface area contributed by atoms with E-state index >= 15 is 0 Å². The highest BCUT2D eigenvalue weighted by molar-refractivity contribution is 5.58. The average molecular weight is 324 g/mol. The highest BCUT2D eigenvalue weighted by Gasteiger charge is 2.13. The number of nitrogens with zero attached hydrogens (tertiary/aromatic N) is 4. The normalized spacial score (nSPS) is 11.3. The SMILES string of the molecule is Cc1cc(Nc2nncc(Nc3ccc(C(C)(C)C)cc3)n2)no1. The van der Waals surface area contributed by atoms with E-state index in [0.717, 1.165) is 5.69 Å². The lowest BCUT2D eigenvalue weighted by Crippen LogP contribution is -2.10. The van der Waals surface area contributed by atoms with Crippen LogP contribution in [0.4, 0.5) is 23.3 Å². The number of hydrogen-bond acceptors (Lipinski definition) is 7. The van der Waals surface area contributed by atoms with Gasteiger partial charge in [0.1, 0.15) is 5.76 Å². The van der Waals surface area contributed by atoms with Crippen molar-refractivity contribution < 1.29 is 4.52 Å². The fraction of sp³-hybridized carbons (Fsp3) is 0.294. The molecular formula is C17H20N6O. The predicted octanol–water partition coefficient (Wildman–Crippen LogP) is 3.95. The van der Waals surface area contributed by atoms with Crippen LogP contribution in [-0.2, 0) is 5.41 Å². The van der Waals surface area contributed by atoms with Crippen molar-refractivity contribution in [1.29, 1.82) is 0 Å². The quantitative estimate of drug-likeness (QED) is 0.751. The fourth-order valence-corrected chi connectivity index (χ4v) is 2.16. The molecule has 3 aromatic rings. The zero-order chi connectivity index (χ0) is 17.2. The molecule has 0 saturated heterocycles. The van der Waals surface area contributed by atoms with Crippen molar-refractivity contribution in [1.82, 2.24) is 20.3 Å². The third kappa shape index (κ3) is 3.87. The maximum atomic E-state index is 5.00. The first-order valence-electron chi connectivity index (χ1n) is 7.68. The molecule has 0 radical (unpaired) electrons. The molecule has 0 atom stereocenters. The molecule has 2 heterocycles. The van der Waals surface area contributed by atoms with Gasteiger partial charge in [0.15, 0.2) is 11.6 Å². The molecule has 7 heteroatoms. The third-order valence-corrected chi connectivity index (χ3v) is 3.45. The molecule has 24 heavy (non-hydrogen) atoms. The molecule has 0 fully saturated rings. The summed E-state index contributed by atoms with van der Waals surface area (Å²) in [7, 11) is 0. The minimum absolute atomic E-state index is 0.127. The van der Waals surface area contributed by atoms with E-state index in [-0.39, 0.29) is 5.41 Å². The molecule has 0 amide bonds. The maximum absolute atomic E-state index is 5.00. The monoisotopic (exact) mass is 324 g/mol. The van der Waals surface area contributed by atoms with E-state index < -0.39 is 0 Å². The first-order valence-corrected chi connectivity index (χ1v) is 7.68. The number of anilines is 4. The Kier molecular flexibility index (Phi) is 4.16. The highest BCUT2D eigenvalue weighted by atomic mass is 16.5. The van der Waals surface area contributed by atoms with Crippen molar-refractivity contribution in [3.63, 3.8) is 0 Å². The zero-order valence-electron chi connectivity index (χ0n) is 14.2. The average Bonchev–Trinajstić information content (AvgIpc) is 2.92. The van der Waals surface area contributed by atoms with E-state index in [1.807, 2.05) is 19.1 Å². The van der Waals surface area contributed by atoms with Gasteiger partial charge in [-0.1, -0.05) is 38.1 Å². The van der Waals surface area contributed by atoms with Crippen LogP contribution in [0.2, 0.25) is 0 Å². The Morgan fingerprint density at radius 2 is 1.75 bits per heavy atom. The van der Waals surface area contributed by atoms with E-state index in [4.69, 9.17) is 4.52 Å². The molecule has 2 N–H and O–H groups in total. The van der Waals surface area contributed by atoms with Gasteiger partial charge >= 0.3 is 0 Å². The first kappa shape index (κ1) is 15.9. The van der Waals surface area contributed by atoms with E-state index in [0.29, 0.717) is 23.3 Å². The van der Waals surface area contributed by atoms with Gasteiger partial charge in [-0.15, -0.1) is 5.10 Å². The number of aryl methyl sites for hydroxylation is 1. The Labute approximate surface area is 140 Å². The van der Waals surface area contributed by atoms with Crippen LogP contribution in [-0.4, -0.2) is 20.3 Å². The standard InChI is InChI=1S/C17H20N6O/c1-11-9-14(23-24-11)20-16-21-15(10-18-22-16)19-13-7-5-12(6-8-13)17(2,3)4/h5-10H,1-4H3,(H2,19,20,21,22,23). The fourth-order valence-electron chi connectivity index (χ4n) is 2.16. The summed E-state index contributed by atoms with van der Waals surface area (Å²) in [4.78, 5) is 4.37. The van der Waals surface area contributed by atoms with Gasteiger partial charge in [0.25, 0.3) is 0 Å². The second-order valence-corrected chi connectivity index (χ2v) is 6.57. The third-order valence-electron chi connectivity index (χ3n) is 3.45. The number of rotatable bonds is 4. The topological polar surface area (TPSA) is 88.8 Å². The Morgan fingerprint density at radius 3 is 2.38 bits per heavy atom. The molecule has 2 aromatic heterocycles. The van der Waals surface area contributed by atoms with Gasteiger partial charge in [-0.05, 0) is 30.0 Å². The Morgan fingerprint density at radius 1 is 1.00 bits per heavy atom. The number of hydrogen-bond donors (Lipinski definition) is 2. The Hall–Kier alpha value is -2.96. The van der Waals surface area contributed by atoms with Crippen LogP contribution in [0, 0.1) is 6.92 Å². The molecule has 3 rings (SSSR count).